The van der Waals surface area contributed by atoms with Crippen molar-refractivity contribution < 1.29 is 9.72 Å². The number of hydrogen-bond donors (Lipinski definition) is 2. The van der Waals surface area contributed by atoms with Crippen molar-refractivity contribution in [3.8, 4) is 0 Å². The Kier molecular flexibility index (Phi) is 1.81. The summed E-state index contributed by atoms with van der Waals surface area (Å²) in [6, 6.07) is 4.06. The maximum Gasteiger partial charge on any atom is 0.319 e. The molecule has 1 aliphatic rings. The molecule has 2 amide bonds. The van der Waals surface area contributed by atoms with Crippen LogP contribution in [0.4, 0.5) is 16.2 Å². The summed E-state index contributed by atoms with van der Waals surface area (Å²) in [5, 5.41) is 15.5. The quantitative estimate of drug-likeness (QED) is 0.519. The van der Waals surface area contributed by atoms with Crippen LogP contribution in [0.15, 0.2) is 18.2 Å². The van der Waals surface area contributed by atoms with E-state index >= 15 is 0 Å². The van der Waals surface area contributed by atoms with Gasteiger partial charge in [-0.2, -0.15) is 0 Å². The van der Waals surface area contributed by atoms with Crippen LogP contribution in [0, 0.1) is 10.1 Å². The van der Waals surface area contributed by atoms with E-state index in [1.165, 1.54) is 18.2 Å². The summed E-state index contributed by atoms with van der Waals surface area (Å²) in [7, 11) is 0. The van der Waals surface area contributed by atoms with Crippen molar-refractivity contribution in [2.75, 3.05) is 5.32 Å². The van der Waals surface area contributed by atoms with Crippen molar-refractivity contribution in [2.45, 2.75) is 6.54 Å². The number of fused-ring (bicyclic) bond motifs is 1. The first-order valence-corrected chi connectivity index (χ1v) is 3.99. The van der Waals surface area contributed by atoms with E-state index in [0.29, 0.717) is 12.2 Å². The molecule has 6 nitrogen and oxygen atoms in total. The van der Waals surface area contributed by atoms with Crippen molar-refractivity contribution in [1.82, 2.24) is 5.32 Å². The molecule has 0 aromatic heterocycles. The van der Waals surface area contributed by atoms with Crippen LogP contribution in [-0.4, -0.2) is 11.0 Å². The topological polar surface area (TPSA) is 84.3 Å². The molecule has 2 N–H and O–H groups in total. The maximum absolute atomic E-state index is 10.9. The molecule has 14 heavy (non-hydrogen) atoms. The lowest BCUT2D eigenvalue weighted by Gasteiger charge is -2.17. The summed E-state index contributed by atoms with van der Waals surface area (Å²) in [5.41, 5.74) is 1.37. The minimum atomic E-state index is -0.462. The number of carbonyl (C=O) groups is 1. The highest BCUT2D eigenvalue weighted by molar-refractivity contribution is 5.92. The SMILES string of the molecule is O=C1NCc2cc([N+](=O)[O-])ccc2N1. The van der Waals surface area contributed by atoms with Gasteiger partial charge in [0.2, 0.25) is 0 Å². The number of nitro groups is 1. The van der Waals surface area contributed by atoms with Gasteiger partial charge in [-0.25, -0.2) is 4.79 Å². The number of hydrogen-bond acceptors (Lipinski definition) is 3. The summed E-state index contributed by atoms with van der Waals surface area (Å²) in [4.78, 5) is 20.9. The van der Waals surface area contributed by atoms with Crippen LogP contribution >= 0.6 is 0 Å². The fraction of sp³-hybridized carbons (Fsp3) is 0.125. The fourth-order valence-electron chi connectivity index (χ4n) is 1.30. The smallest absolute Gasteiger partial charge is 0.319 e. The highest BCUT2D eigenvalue weighted by atomic mass is 16.6. The monoisotopic (exact) mass is 193 g/mol. The lowest BCUT2D eigenvalue weighted by Crippen LogP contribution is -2.33. The third kappa shape index (κ3) is 1.37. The third-order valence-corrected chi connectivity index (χ3v) is 1.99. The molecule has 1 aromatic carbocycles. The average Bonchev–Trinajstić information content (AvgIpc) is 2.16. The molecule has 1 aliphatic heterocycles. The van der Waals surface area contributed by atoms with Crippen LogP contribution in [-0.2, 0) is 6.54 Å². The molecule has 0 bridgehead atoms. The summed E-state index contributed by atoms with van der Waals surface area (Å²) in [6.45, 7) is 0.322. The molecule has 0 saturated carbocycles. The zero-order valence-corrected chi connectivity index (χ0v) is 7.11. The maximum atomic E-state index is 10.9. The number of benzene rings is 1. The molecular weight excluding hydrogens is 186 g/mol. The number of carbonyl (C=O) groups excluding carboxylic acids is 1. The molecule has 0 fully saturated rings. The van der Waals surface area contributed by atoms with E-state index < -0.39 is 4.92 Å². The Bertz CT molecular complexity index is 416. The number of rotatable bonds is 1. The van der Waals surface area contributed by atoms with E-state index in [2.05, 4.69) is 10.6 Å². The highest BCUT2D eigenvalue weighted by Crippen LogP contribution is 2.23. The van der Waals surface area contributed by atoms with Gasteiger partial charge in [-0.3, -0.25) is 10.1 Å². The summed E-state index contributed by atoms with van der Waals surface area (Å²) in [5.74, 6) is 0. The molecule has 72 valence electrons. The van der Waals surface area contributed by atoms with E-state index in [-0.39, 0.29) is 11.7 Å². The Morgan fingerprint density at radius 2 is 2.21 bits per heavy atom. The highest BCUT2D eigenvalue weighted by Gasteiger charge is 2.16. The van der Waals surface area contributed by atoms with E-state index in [9.17, 15) is 14.9 Å². The number of non-ortho nitro benzene ring substituents is 1. The van der Waals surface area contributed by atoms with Gasteiger partial charge in [0.05, 0.1) is 4.92 Å². The first kappa shape index (κ1) is 8.49. The lowest BCUT2D eigenvalue weighted by atomic mass is 10.1. The van der Waals surface area contributed by atoms with Crippen LogP contribution in [0.5, 0.6) is 0 Å². The standard InChI is InChI=1S/C8H7N3O3/c12-8-9-4-5-3-6(11(13)14)1-2-7(5)10-8/h1-3H,4H2,(H2,9,10,12). The van der Waals surface area contributed by atoms with Crippen molar-refractivity contribution >= 4 is 17.4 Å². The van der Waals surface area contributed by atoms with Crippen LogP contribution in [0.1, 0.15) is 5.56 Å². The Hall–Kier alpha value is -2.11. The summed E-state index contributed by atoms with van der Waals surface area (Å²) >= 11 is 0. The fourth-order valence-corrected chi connectivity index (χ4v) is 1.30. The van der Waals surface area contributed by atoms with Gasteiger partial charge in [0.25, 0.3) is 5.69 Å². The number of amides is 2. The zero-order chi connectivity index (χ0) is 10.1. The third-order valence-electron chi connectivity index (χ3n) is 1.99. The average molecular weight is 193 g/mol. The van der Waals surface area contributed by atoms with Gasteiger partial charge in [0, 0.05) is 29.9 Å². The first-order chi connectivity index (χ1) is 6.66. The van der Waals surface area contributed by atoms with Crippen LogP contribution < -0.4 is 10.6 Å². The van der Waals surface area contributed by atoms with E-state index in [0.717, 1.165) is 5.56 Å². The van der Waals surface area contributed by atoms with Gasteiger partial charge in [0.1, 0.15) is 0 Å². The molecule has 0 radical (unpaired) electrons. The van der Waals surface area contributed by atoms with Gasteiger partial charge in [-0.05, 0) is 6.07 Å². The van der Waals surface area contributed by atoms with Crippen LogP contribution in [0.3, 0.4) is 0 Å². The number of nitro benzene ring substituents is 1. The Morgan fingerprint density at radius 3 is 2.93 bits per heavy atom. The van der Waals surface area contributed by atoms with Crippen molar-refractivity contribution in [2.24, 2.45) is 0 Å². The molecule has 1 heterocycles. The van der Waals surface area contributed by atoms with Crippen LogP contribution in [0.25, 0.3) is 0 Å². The molecular formula is C8H7N3O3. The van der Waals surface area contributed by atoms with Gasteiger partial charge in [-0.15, -0.1) is 0 Å². The van der Waals surface area contributed by atoms with Gasteiger partial charge in [0.15, 0.2) is 0 Å². The van der Waals surface area contributed by atoms with Crippen molar-refractivity contribution in [1.29, 1.82) is 0 Å². The van der Waals surface area contributed by atoms with E-state index in [1.54, 1.807) is 0 Å². The summed E-state index contributed by atoms with van der Waals surface area (Å²) in [6.07, 6.45) is 0. The van der Waals surface area contributed by atoms with Gasteiger partial charge in [-0.1, -0.05) is 0 Å². The number of anilines is 1. The summed E-state index contributed by atoms with van der Waals surface area (Å²) < 4.78 is 0. The molecule has 6 heteroatoms. The van der Waals surface area contributed by atoms with E-state index in [4.69, 9.17) is 0 Å². The molecule has 1 aromatic rings. The van der Waals surface area contributed by atoms with Gasteiger partial charge >= 0.3 is 6.03 Å². The second-order valence-electron chi connectivity index (χ2n) is 2.91. The van der Waals surface area contributed by atoms with Crippen molar-refractivity contribution in [3.63, 3.8) is 0 Å². The minimum absolute atomic E-state index is 0.0294. The van der Waals surface area contributed by atoms with Crippen LogP contribution in [0.2, 0.25) is 0 Å². The number of nitrogens with one attached hydrogen (secondary N) is 2. The minimum Gasteiger partial charge on any atom is -0.334 e. The molecule has 0 aliphatic carbocycles. The molecule has 2 rings (SSSR count). The molecule has 0 spiro atoms. The predicted octanol–water partition coefficient (Wildman–Crippen LogP) is 1.23. The molecule has 0 saturated heterocycles. The molecule has 0 atom stereocenters. The van der Waals surface area contributed by atoms with Gasteiger partial charge < -0.3 is 10.6 Å². The van der Waals surface area contributed by atoms with E-state index in [1.807, 2.05) is 0 Å². The predicted molar refractivity (Wildman–Crippen MR) is 49.0 cm³/mol. The largest absolute Gasteiger partial charge is 0.334 e. The lowest BCUT2D eigenvalue weighted by molar-refractivity contribution is -0.384. The van der Waals surface area contributed by atoms with Crippen molar-refractivity contribution in [3.05, 3.63) is 33.9 Å². The second kappa shape index (κ2) is 2.99. The Balaban J connectivity index is 2.41. The number of nitrogens with zero attached hydrogens (tertiary/aromatic N) is 1. The number of urea groups is 1. The normalized spacial score (nSPS) is 13.9. The Morgan fingerprint density at radius 1 is 1.43 bits per heavy atom. The zero-order valence-electron chi connectivity index (χ0n) is 7.11. The Labute approximate surface area is 79.1 Å². The molecule has 0 unspecified atom stereocenters. The second-order valence-corrected chi connectivity index (χ2v) is 2.91. The first-order valence-electron chi connectivity index (χ1n) is 3.99.